The molecular formula is C27H40ClFO2. The van der Waals surface area contributed by atoms with Crippen molar-refractivity contribution >= 4 is 11.6 Å². The fourth-order valence-electron chi connectivity index (χ4n) is 6.25. The third kappa shape index (κ3) is 6.45. The lowest BCUT2D eigenvalue weighted by molar-refractivity contribution is -0.237. The molecule has 0 radical (unpaired) electrons. The molecule has 0 aromatic heterocycles. The van der Waals surface area contributed by atoms with Crippen molar-refractivity contribution in [3.05, 3.63) is 34.6 Å². The maximum absolute atomic E-state index is 13.6. The van der Waals surface area contributed by atoms with Gasteiger partial charge in [0.1, 0.15) is 5.82 Å². The summed E-state index contributed by atoms with van der Waals surface area (Å²) in [5.41, 5.74) is 1.05. The Hall–Kier alpha value is -0.640. The summed E-state index contributed by atoms with van der Waals surface area (Å²) < 4.78 is 26.2. The summed E-state index contributed by atoms with van der Waals surface area (Å²) in [6, 6.07) is 5.21. The molecule has 2 saturated carbocycles. The van der Waals surface area contributed by atoms with Crippen molar-refractivity contribution < 1.29 is 13.9 Å². The first kappa shape index (κ1) is 23.5. The zero-order chi connectivity index (χ0) is 21.6. The van der Waals surface area contributed by atoms with E-state index in [1.807, 2.05) is 6.07 Å². The quantitative estimate of drug-likeness (QED) is 0.421. The van der Waals surface area contributed by atoms with Gasteiger partial charge in [0.15, 0.2) is 6.29 Å². The van der Waals surface area contributed by atoms with Gasteiger partial charge in [-0.1, -0.05) is 50.3 Å². The molecule has 3 aliphatic rings. The summed E-state index contributed by atoms with van der Waals surface area (Å²) in [7, 11) is 0. The van der Waals surface area contributed by atoms with Gasteiger partial charge in [-0.15, -0.1) is 0 Å². The van der Waals surface area contributed by atoms with E-state index in [0.717, 1.165) is 49.4 Å². The number of benzene rings is 1. The van der Waals surface area contributed by atoms with E-state index >= 15 is 0 Å². The summed E-state index contributed by atoms with van der Waals surface area (Å²) in [5, 5.41) is 0.211. The van der Waals surface area contributed by atoms with Crippen LogP contribution in [-0.2, 0) is 15.9 Å². The molecule has 2 nitrogen and oxygen atoms in total. The summed E-state index contributed by atoms with van der Waals surface area (Å²) in [6.07, 6.45) is 15.2. The fraction of sp³-hybridized carbons (Fsp3) is 0.778. The van der Waals surface area contributed by atoms with Crippen molar-refractivity contribution in [1.82, 2.24) is 0 Å². The zero-order valence-electron chi connectivity index (χ0n) is 19.2. The lowest BCUT2D eigenvalue weighted by atomic mass is 9.74. The SMILES string of the molecule is CCCC1CCC(C2COC(C3CCC(CCc4ccc(Cl)c(F)c4)CC3)OC2)CC1. The molecule has 31 heavy (non-hydrogen) atoms. The Kier molecular flexibility index (Phi) is 8.71. The molecule has 0 spiro atoms. The molecule has 1 aromatic carbocycles. The highest BCUT2D eigenvalue weighted by Crippen LogP contribution is 2.40. The highest BCUT2D eigenvalue weighted by Gasteiger charge is 2.35. The minimum atomic E-state index is -0.304. The van der Waals surface area contributed by atoms with Crippen LogP contribution < -0.4 is 0 Å². The minimum Gasteiger partial charge on any atom is -0.352 e. The largest absolute Gasteiger partial charge is 0.352 e. The van der Waals surface area contributed by atoms with Crippen LogP contribution in [0.5, 0.6) is 0 Å². The lowest BCUT2D eigenvalue weighted by Gasteiger charge is -2.41. The van der Waals surface area contributed by atoms with Crippen LogP contribution in [0.15, 0.2) is 18.2 Å². The molecule has 174 valence electrons. The molecule has 2 aliphatic carbocycles. The zero-order valence-corrected chi connectivity index (χ0v) is 19.9. The maximum atomic E-state index is 13.6. The van der Waals surface area contributed by atoms with Gasteiger partial charge in [-0.2, -0.15) is 0 Å². The minimum absolute atomic E-state index is 0.0130. The molecule has 1 aliphatic heterocycles. The van der Waals surface area contributed by atoms with Crippen molar-refractivity contribution in [2.45, 2.75) is 90.3 Å². The molecule has 3 fully saturated rings. The summed E-state index contributed by atoms with van der Waals surface area (Å²) in [5.74, 6) is 3.35. The number of ether oxygens (including phenoxy) is 2. The first-order valence-electron chi connectivity index (χ1n) is 12.8. The van der Waals surface area contributed by atoms with E-state index < -0.39 is 0 Å². The van der Waals surface area contributed by atoms with Crippen LogP contribution in [-0.4, -0.2) is 19.5 Å². The van der Waals surface area contributed by atoms with Gasteiger partial charge in [0.05, 0.1) is 18.2 Å². The molecule has 1 heterocycles. The van der Waals surface area contributed by atoms with Crippen LogP contribution in [0.3, 0.4) is 0 Å². The van der Waals surface area contributed by atoms with Gasteiger partial charge in [-0.3, -0.25) is 0 Å². The van der Waals surface area contributed by atoms with E-state index in [1.165, 1.54) is 64.2 Å². The molecule has 1 aromatic rings. The van der Waals surface area contributed by atoms with E-state index in [1.54, 1.807) is 12.1 Å². The van der Waals surface area contributed by atoms with Gasteiger partial charge >= 0.3 is 0 Å². The number of hydrogen-bond donors (Lipinski definition) is 0. The van der Waals surface area contributed by atoms with Crippen molar-refractivity contribution in [1.29, 1.82) is 0 Å². The summed E-state index contributed by atoms with van der Waals surface area (Å²) in [4.78, 5) is 0. The van der Waals surface area contributed by atoms with Gasteiger partial charge in [0, 0.05) is 11.8 Å². The van der Waals surface area contributed by atoms with Gasteiger partial charge in [0.25, 0.3) is 0 Å². The third-order valence-electron chi connectivity index (χ3n) is 8.31. The van der Waals surface area contributed by atoms with Gasteiger partial charge in [-0.25, -0.2) is 4.39 Å². The van der Waals surface area contributed by atoms with Crippen LogP contribution in [0.1, 0.15) is 83.1 Å². The van der Waals surface area contributed by atoms with E-state index in [4.69, 9.17) is 21.1 Å². The van der Waals surface area contributed by atoms with Crippen LogP contribution in [0.4, 0.5) is 4.39 Å². The predicted molar refractivity (Wildman–Crippen MR) is 125 cm³/mol. The second-order valence-electron chi connectivity index (χ2n) is 10.4. The highest BCUT2D eigenvalue weighted by molar-refractivity contribution is 6.30. The van der Waals surface area contributed by atoms with Gasteiger partial charge < -0.3 is 9.47 Å². The molecule has 0 atom stereocenters. The topological polar surface area (TPSA) is 18.5 Å². The molecule has 0 bridgehead atoms. The molecular weight excluding hydrogens is 411 g/mol. The Morgan fingerprint density at radius 2 is 1.45 bits per heavy atom. The molecule has 4 rings (SSSR count). The Bertz CT molecular complexity index is 672. The average Bonchev–Trinajstić information content (AvgIpc) is 2.81. The molecule has 1 saturated heterocycles. The van der Waals surface area contributed by atoms with E-state index in [0.29, 0.717) is 11.8 Å². The van der Waals surface area contributed by atoms with Crippen LogP contribution in [0.2, 0.25) is 5.02 Å². The van der Waals surface area contributed by atoms with Crippen molar-refractivity contribution in [2.24, 2.45) is 29.6 Å². The van der Waals surface area contributed by atoms with Crippen LogP contribution >= 0.6 is 11.6 Å². The van der Waals surface area contributed by atoms with Gasteiger partial charge in [-0.05, 0) is 86.8 Å². The van der Waals surface area contributed by atoms with Crippen molar-refractivity contribution in [3.63, 3.8) is 0 Å². The maximum Gasteiger partial charge on any atom is 0.160 e. The summed E-state index contributed by atoms with van der Waals surface area (Å²) >= 11 is 5.79. The smallest absolute Gasteiger partial charge is 0.160 e. The number of rotatable bonds is 7. The number of aryl methyl sites for hydroxylation is 1. The fourth-order valence-corrected chi connectivity index (χ4v) is 6.37. The Labute approximate surface area is 193 Å². The Morgan fingerprint density at radius 3 is 2.06 bits per heavy atom. The number of halogens is 2. The second kappa shape index (κ2) is 11.5. The monoisotopic (exact) mass is 450 g/mol. The predicted octanol–water partition coefficient (Wildman–Crippen LogP) is 7.81. The normalized spacial score (nSPS) is 34.5. The average molecular weight is 451 g/mol. The first-order valence-corrected chi connectivity index (χ1v) is 13.2. The van der Waals surface area contributed by atoms with E-state index in [2.05, 4.69) is 6.92 Å². The van der Waals surface area contributed by atoms with E-state index in [9.17, 15) is 4.39 Å². The second-order valence-corrected chi connectivity index (χ2v) is 10.8. The molecule has 0 N–H and O–H groups in total. The molecule has 4 heteroatoms. The third-order valence-corrected chi connectivity index (χ3v) is 8.61. The van der Waals surface area contributed by atoms with Crippen LogP contribution in [0.25, 0.3) is 0 Å². The van der Waals surface area contributed by atoms with Gasteiger partial charge in [0.2, 0.25) is 0 Å². The lowest BCUT2D eigenvalue weighted by Crippen LogP contribution is -2.41. The van der Waals surface area contributed by atoms with Crippen LogP contribution in [0, 0.1) is 35.4 Å². The Balaban J connectivity index is 1.14. The standard InChI is InChI=1S/C27H40ClFO2/c1-2-3-19-6-11-22(12-7-19)24-17-30-27(31-18-24)23-13-8-20(9-14-23)4-5-21-10-15-25(28)26(29)16-21/h10,15-16,19-20,22-24,27H,2-9,11-14,17-18H2,1H3. The van der Waals surface area contributed by atoms with E-state index in [-0.39, 0.29) is 17.1 Å². The van der Waals surface area contributed by atoms with Crippen molar-refractivity contribution in [2.75, 3.05) is 13.2 Å². The first-order chi connectivity index (χ1) is 15.1. The molecule has 0 unspecified atom stereocenters. The van der Waals surface area contributed by atoms with Crippen molar-refractivity contribution in [3.8, 4) is 0 Å². The Morgan fingerprint density at radius 1 is 0.839 bits per heavy atom. The highest BCUT2D eigenvalue weighted by atomic mass is 35.5. The molecule has 0 amide bonds. The number of hydrogen-bond acceptors (Lipinski definition) is 2. The summed E-state index contributed by atoms with van der Waals surface area (Å²) in [6.45, 7) is 4.11.